The first-order valence-electron chi connectivity index (χ1n) is 10.6. The van der Waals surface area contributed by atoms with Crippen molar-refractivity contribution in [1.29, 1.82) is 0 Å². The Morgan fingerprint density at radius 1 is 0.800 bits per heavy atom. The maximum Gasteiger partial charge on any atom is 0.162 e. The third kappa shape index (κ3) is 6.08. The van der Waals surface area contributed by atoms with Crippen LogP contribution in [0.15, 0.2) is 12.1 Å². The molecule has 2 heteroatoms. The zero-order valence-corrected chi connectivity index (χ0v) is 16.3. The van der Waals surface area contributed by atoms with Crippen LogP contribution in [0.3, 0.4) is 0 Å². The molecule has 1 aromatic rings. The van der Waals surface area contributed by atoms with Gasteiger partial charge in [0.1, 0.15) is 0 Å². The van der Waals surface area contributed by atoms with E-state index in [1.165, 1.54) is 44.9 Å². The maximum atomic E-state index is 14.6. The molecular formula is C23H36F2. The summed E-state index contributed by atoms with van der Waals surface area (Å²) in [6, 6.07) is 3.71. The largest absolute Gasteiger partial charge is 0.203 e. The van der Waals surface area contributed by atoms with E-state index in [2.05, 4.69) is 13.8 Å². The molecule has 0 bridgehead atoms. The summed E-state index contributed by atoms with van der Waals surface area (Å²) in [5.41, 5.74) is 1.19. The Labute approximate surface area is 153 Å². The van der Waals surface area contributed by atoms with Crippen LogP contribution in [-0.4, -0.2) is 0 Å². The van der Waals surface area contributed by atoms with Crippen LogP contribution in [0.1, 0.15) is 108 Å². The van der Waals surface area contributed by atoms with Gasteiger partial charge in [-0.2, -0.15) is 0 Å². The van der Waals surface area contributed by atoms with Gasteiger partial charge in [0.05, 0.1) is 0 Å². The first kappa shape index (κ1) is 20.4. The van der Waals surface area contributed by atoms with Crippen LogP contribution < -0.4 is 0 Å². The molecule has 0 heterocycles. The summed E-state index contributed by atoms with van der Waals surface area (Å²) in [6.07, 6.45) is 14.6. The van der Waals surface area contributed by atoms with E-state index in [1.54, 1.807) is 0 Å². The molecular weight excluding hydrogens is 314 g/mol. The molecule has 1 saturated carbocycles. The molecule has 0 amide bonds. The van der Waals surface area contributed by atoms with E-state index in [4.69, 9.17) is 0 Å². The normalized spacial score (nSPS) is 20.8. The van der Waals surface area contributed by atoms with Crippen molar-refractivity contribution >= 4 is 0 Å². The van der Waals surface area contributed by atoms with Crippen molar-refractivity contribution in [3.8, 4) is 0 Å². The fourth-order valence-corrected chi connectivity index (χ4v) is 4.30. The summed E-state index contributed by atoms with van der Waals surface area (Å²) in [6.45, 7) is 4.40. The minimum Gasteiger partial charge on any atom is -0.203 e. The van der Waals surface area contributed by atoms with Gasteiger partial charge in [0.15, 0.2) is 11.6 Å². The molecule has 0 aliphatic heterocycles. The summed E-state index contributed by atoms with van der Waals surface area (Å²) in [5, 5.41) is 0. The molecule has 0 unspecified atom stereocenters. The summed E-state index contributed by atoms with van der Waals surface area (Å²) < 4.78 is 29.0. The molecule has 1 aliphatic carbocycles. The smallest absolute Gasteiger partial charge is 0.162 e. The quantitative estimate of drug-likeness (QED) is 0.376. The number of unbranched alkanes of at least 4 members (excludes halogenated alkanes) is 5. The van der Waals surface area contributed by atoms with Crippen LogP contribution in [0.25, 0.3) is 0 Å². The average molecular weight is 351 g/mol. The van der Waals surface area contributed by atoms with Crippen molar-refractivity contribution in [3.05, 3.63) is 34.9 Å². The highest BCUT2D eigenvalue weighted by Crippen LogP contribution is 2.39. The molecule has 0 atom stereocenters. The molecule has 142 valence electrons. The summed E-state index contributed by atoms with van der Waals surface area (Å²) >= 11 is 0. The maximum absolute atomic E-state index is 14.6. The van der Waals surface area contributed by atoms with Crippen molar-refractivity contribution in [2.75, 3.05) is 0 Å². The lowest BCUT2D eigenvalue weighted by Crippen LogP contribution is -2.15. The number of rotatable bonds is 10. The molecule has 0 spiro atoms. The topological polar surface area (TPSA) is 0 Å². The summed E-state index contributed by atoms with van der Waals surface area (Å²) in [7, 11) is 0. The Bertz CT molecular complexity index is 501. The fraction of sp³-hybridized carbons (Fsp3) is 0.739. The van der Waals surface area contributed by atoms with Gasteiger partial charge in [0, 0.05) is 0 Å². The molecule has 1 aliphatic rings. The SMILES string of the molecule is CCCCCCc1ccc(C2CCC(CCCCC)CC2)c(F)c1F. The average Bonchev–Trinajstić information content (AvgIpc) is 2.63. The number of halogens is 2. The van der Waals surface area contributed by atoms with Gasteiger partial charge in [0.2, 0.25) is 0 Å². The van der Waals surface area contributed by atoms with Crippen LogP contribution >= 0.6 is 0 Å². The minimum atomic E-state index is -0.584. The Balaban J connectivity index is 1.89. The van der Waals surface area contributed by atoms with Gasteiger partial charge >= 0.3 is 0 Å². The lowest BCUT2D eigenvalue weighted by atomic mass is 9.76. The van der Waals surface area contributed by atoms with Gasteiger partial charge in [-0.05, 0) is 61.5 Å². The molecule has 0 nitrogen and oxygen atoms in total. The predicted molar refractivity (Wildman–Crippen MR) is 103 cm³/mol. The second kappa shape index (κ2) is 10.9. The van der Waals surface area contributed by atoms with Crippen molar-refractivity contribution in [3.63, 3.8) is 0 Å². The highest BCUT2D eigenvalue weighted by molar-refractivity contribution is 5.29. The lowest BCUT2D eigenvalue weighted by molar-refractivity contribution is 0.297. The second-order valence-corrected chi connectivity index (χ2v) is 7.97. The van der Waals surface area contributed by atoms with E-state index in [9.17, 15) is 8.78 Å². The fourth-order valence-electron chi connectivity index (χ4n) is 4.30. The van der Waals surface area contributed by atoms with Crippen LogP contribution in [0, 0.1) is 17.6 Å². The Kier molecular flexibility index (Phi) is 8.92. The van der Waals surface area contributed by atoms with Crippen LogP contribution in [0.4, 0.5) is 8.78 Å². The Hall–Kier alpha value is -0.920. The Morgan fingerprint density at radius 3 is 2.16 bits per heavy atom. The molecule has 0 radical (unpaired) electrons. The highest BCUT2D eigenvalue weighted by atomic mass is 19.2. The molecule has 1 aromatic carbocycles. The standard InChI is InChI=1S/C23H36F2/c1-3-5-7-9-11-20-16-17-21(23(25)22(20)24)19-14-12-18(13-15-19)10-8-6-4-2/h16-19H,3-15H2,1-2H3. The highest BCUT2D eigenvalue weighted by Gasteiger charge is 2.26. The third-order valence-electron chi connectivity index (χ3n) is 5.99. The molecule has 2 rings (SSSR count). The molecule has 0 N–H and O–H groups in total. The minimum absolute atomic E-state index is 0.214. The molecule has 0 aromatic heterocycles. The van der Waals surface area contributed by atoms with Gasteiger partial charge in [0.25, 0.3) is 0 Å². The van der Waals surface area contributed by atoms with E-state index in [0.717, 1.165) is 38.0 Å². The number of hydrogen-bond donors (Lipinski definition) is 0. The molecule has 1 fully saturated rings. The lowest BCUT2D eigenvalue weighted by Gasteiger charge is -2.29. The van der Waals surface area contributed by atoms with Gasteiger partial charge in [-0.1, -0.05) is 70.9 Å². The van der Waals surface area contributed by atoms with Gasteiger partial charge < -0.3 is 0 Å². The van der Waals surface area contributed by atoms with Crippen molar-refractivity contribution in [2.24, 2.45) is 5.92 Å². The van der Waals surface area contributed by atoms with E-state index in [1.807, 2.05) is 12.1 Å². The zero-order valence-electron chi connectivity index (χ0n) is 16.3. The van der Waals surface area contributed by atoms with Crippen LogP contribution in [0.2, 0.25) is 0 Å². The van der Waals surface area contributed by atoms with E-state index >= 15 is 0 Å². The predicted octanol–water partition coefficient (Wildman–Crippen LogP) is 7.94. The third-order valence-corrected chi connectivity index (χ3v) is 5.99. The number of aryl methyl sites for hydroxylation is 1. The zero-order chi connectivity index (χ0) is 18.1. The Morgan fingerprint density at radius 2 is 1.48 bits per heavy atom. The van der Waals surface area contributed by atoms with Crippen LogP contribution in [0.5, 0.6) is 0 Å². The first-order chi connectivity index (χ1) is 12.2. The van der Waals surface area contributed by atoms with Gasteiger partial charge in [-0.15, -0.1) is 0 Å². The van der Waals surface area contributed by atoms with Gasteiger partial charge in [-0.25, -0.2) is 8.78 Å². The number of hydrogen-bond acceptors (Lipinski definition) is 0. The first-order valence-corrected chi connectivity index (χ1v) is 10.6. The van der Waals surface area contributed by atoms with E-state index in [0.29, 0.717) is 17.5 Å². The summed E-state index contributed by atoms with van der Waals surface area (Å²) in [5.74, 6) is -0.138. The van der Waals surface area contributed by atoms with E-state index < -0.39 is 11.6 Å². The molecule has 25 heavy (non-hydrogen) atoms. The van der Waals surface area contributed by atoms with Gasteiger partial charge in [-0.3, -0.25) is 0 Å². The molecule has 0 saturated heterocycles. The summed E-state index contributed by atoms with van der Waals surface area (Å²) in [4.78, 5) is 0. The van der Waals surface area contributed by atoms with Crippen LogP contribution in [-0.2, 0) is 6.42 Å². The second-order valence-electron chi connectivity index (χ2n) is 7.97. The number of benzene rings is 1. The van der Waals surface area contributed by atoms with Crippen molar-refractivity contribution < 1.29 is 8.78 Å². The monoisotopic (exact) mass is 350 g/mol. The van der Waals surface area contributed by atoms with Crippen molar-refractivity contribution in [2.45, 2.75) is 103 Å². The van der Waals surface area contributed by atoms with E-state index in [-0.39, 0.29) is 5.92 Å². The van der Waals surface area contributed by atoms with Crippen molar-refractivity contribution in [1.82, 2.24) is 0 Å².